The van der Waals surface area contributed by atoms with Gasteiger partial charge in [-0.3, -0.25) is 0 Å². The Morgan fingerprint density at radius 1 is 1.00 bits per heavy atom. The molecule has 0 aliphatic carbocycles. The Bertz CT molecular complexity index is 798. The van der Waals surface area contributed by atoms with Crippen molar-refractivity contribution in [3.05, 3.63) is 47.7 Å². The zero-order valence-corrected chi connectivity index (χ0v) is 15.3. The number of anilines is 1. The third kappa shape index (κ3) is 4.33. The highest BCUT2D eigenvalue weighted by atomic mass is 32.2. The summed E-state index contributed by atoms with van der Waals surface area (Å²) in [6.07, 6.45) is 0. The van der Waals surface area contributed by atoms with Crippen LogP contribution in [0.4, 0.5) is 5.82 Å². The molecule has 1 aliphatic rings. The number of aryl methyl sites for hydroxylation is 1. The third-order valence-corrected chi connectivity index (χ3v) is 6.21. The van der Waals surface area contributed by atoms with Crippen LogP contribution in [0.5, 0.6) is 0 Å². The zero-order valence-electron chi connectivity index (χ0n) is 14.5. The van der Waals surface area contributed by atoms with Crippen LogP contribution in [0.15, 0.2) is 41.3 Å². The molecule has 25 heavy (non-hydrogen) atoms. The van der Waals surface area contributed by atoms with Crippen LogP contribution in [0.25, 0.3) is 0 Å². The molecule has 0 atom stereocenters. The van der Waals surface area contributed by atoms with Gasteiger partial charge in [0, 0.05) is 32.7 Å². The molecular formula is C17H23N5O2S. The van der Waals surface area contributed by atoms with Crippen molar-refractivity contribution in [3.63, 3.8) is 0 Å². The van der Waals surface area contributed by atoms with E-state index in [2.05, 4.69) is 20.4 Å². The van der Waals surface area contributed by atoms with Crippen molar-refractivity contribution in [2.45, 2.75) is 18.4 Å². The van der Waals surface area contributed by atoms with Crippen LogP contribution in [0.2, 0.25) is 0 Å². The molecule has 1 aliphatic heterocycles. The lowest BCUT2D eigenvalue weighted by Gasteiger charge is -2.31. The average molecular weight is 361 g/mol. The summed E-state index contributed by atoms with van der Waals surface area (Å²) >= 11 is 0. The number of sulfonamides is 1. The molecule has 2 heterocycles. The lowest BCUT2D eigenvalue weighted by atomic mass is 10.2. The highest BCUT2D eigenvalue weighted by Gasteiger charge is 2.27. The monoisotopic (exact) mass is 361 g/mol. The Labute approximate surface area is 148 Å². The van der Waals surface area contributed by atoms with Gasteiger partial charge in [-0.1, -0.05) is 12.1 Å². The molecule has 3 rings (SSSR count). The van der Waals surface area contributed by atoms with E-state index in [1.807, 2.05) is 38.2 Å². The third-order valence-electron chi connectivity index (χ3n) is 4.29. The Kier molecular flexibility index (Phi) is 5.31. The van der Waals surface area contributed by atoms with Crippen molar-refractivity contribution >= 4 is 15.8 Å². The minimum Gasteiger partial charge on any atom is -0.365 e. The Morgan fingerprint density at radius 3 is 2.28 bits per heavy atom. The van der Waals surface area contributed by atoms with E-state index in [1.165, 1.54) is 0 Å². The standard InChI is InChI=1S/C17H23N5O2S/c1-14-3-8-17(20-19-14)18-13-15-4-6-16(7-5-15)25(23,24)22-11-9-21(2)10-12-22/h3-8H,9-13H2,1-2H3,(H,18,20). The van der Waals surface area contributed by atoms with Gasteiger partial charge in [0.25, 0.3) is 0 Å². The van der Waals surface area contributed by atoms with Crippen molar-refractivity contribution in [2.75, 3.05) is 38.5 Å². The molecule has 0 radical (unpaired) electrons. The number of nitrogens with zero attached hydrogens (tertiary/aromatic N) is 4. The van der Waals surface area contributed by atoms with Crippen LogP contribution in [-0.2, 0) is 16.6 Å². The number of rotatable bonds is 5. The molecule has 2 aromatic rings. The second-order valence-corrected chi connectivity index (χ2v) is 8.20. The lowest BCUT2D eigenvalue weighted by Crippen LogP contribution is -2.46. The van der Waals surface area contributed by atoms with Gasteiger partial charge in [-0.2, -0.15) is 9.40 Å². The van der Waals surface area contributed by atoms with Gasteiger partial charge < -0.3 is 10.2 Å². The minimum absolute atomic E-state index is 0.343. The Morgan fingerprint density at radius 2 is 1.68 bits per heavy atom. The summed E-state index contributed by atoms with van der Waals surface area (Å²) < 4.78 is 26.9. The zero-order chi connectivity index (χ0) is 17.9. The fourth-order valence-corrected chi connectivity index (χ4v) is 4.06. The van der Waals surface area contributed by atoms with E-state index < -0.39 is 10.0 Å². The van der Waals surface area contributed by atoms with Crippen molar-refractivity contribution in [1.82, 2.24) is 19.4 Å². The van der Waals surface area contributed by atoms with E-state index in [-0.39, 0.29) is 0 Å². The molecule has 0 saturated carbocycles. The molecule has 134 valence electrons. The molecule has 1 fully saturated rings. The topological polar surface area (TPSA) is 78.4 Å². The van der Waals surface area contributed by atoms with Crippen LogP contribution in [0, 0.1) is 6.92 Å². The van der Waals surface area contributed by atoms with E-state index in [0.717, 1.165) is 24.3 Å². The summed E-state index contributed by atoms with van der Waals surface area (Å²) in [7, 11) is -1.41. The lowest BCUT2D eigenvalue weighted by molar-refractivity contribution is 0.222. The van der Waals surface area contributed by atoms with Gasteiger partial charge in [-0.05, 0) is 43.8 Å². The smallest absolute Gasteiger partial charge is 0.243 e. The number of hydrogen-bond acceptors (Lipinski definition) is 6. The summed E-state index contributed by atoms with van der Waals surface area (Å²) in [4.78, 5) is 2.48. The fourth-order valence-electron chi connectivity index (χ4n) is 2.64. The van der Waals surface area contributed by atoms with Crippen molar-refractivity contribution in [1.29, 1.82) is 0 Å². The summed E-state index contributed by atoms with van der Waals surface area (Å²) in [5.41, 5.74) is 1.85. The van der Waals surface area contributed by atoms with Gasteiger partial charge in [-0.15, -0.1) is 5.10 Å². The number of piperazine rings is 1. The summed E-state index contributed by atoms with van der Waals surface area (Å²) in [5, 5.41) is 11.2. The molecule has 1 saturated heterocycles. The highest BCUT2D eigenvalue weighted by Crippen LogP contribution is 2.18. The number of nitrogens with one attached hydrogen (secondary N) is 1. The quantitative estimate of drug-likeness (QED) is 0.866. The van der Waals surface area contributed by atoms with Crippen molar-refractivity contribution in [2.24, 2.45) is 0 Å². The average Bonchev–Trinajstić information content (AvgIpc) is 2.62. The molecule has 8 heteroatoms. The molecule has 0 bridgehead atoms. The van der Waals surface area contributed by atoms with E-state index >= 15 is 0 Å². The number of benzene rings is 1. The maximum atomic E-state index is 12.7. The van der Waals surface area contributed by atoms with Crippen LogP contribution >= 0.6 is 0 Å². The molecule has 7 nitrogen and oxygen atoms in total. The SMILES string of the molecule is Cc1ccc(NCc2ccc(S(=O)(=O)N3CCN(C)CC3)cc2)nn1. The van der Waals surface area contributed by atoms with Crippen LogP contribution in [0.3, 0.4) is 0 Å². The summed E-state index contributed by atoms with van der Waals surface area (Å²) in [6, 6.07) is 10.8. The molecule has 0 unspecified atom stereocenters. The van der Waals surface area contributed by atoms with Gasteiger partial charge in [-0.25, -0.2) is 8.42 Å². The minimum atomic E-state index is -3.41. The number of likely N-dealkylation sites (N-methyl/N-ethyl adjacent to an activating group) is 1. The number of aromatic nitrogens is 2. The molecule has 1 aromatic carbocycles. The van der Waals surface area contributed by atoms with E-state index in [1.54, 1.807) is 16.4 Å². The molecule has 0 spiro atoms. The summed E-state index contributed by atoms with van der Waals surface area (Å²) in [6.45, 7) is 5.04. The van der Waals surface area contributed by atoms with Gasteiger partial charge in [0.2, 0.25) is 10.0 Å². The fraction of sp³-hybridized carbons (Fsp3) is 0.412. The second kappa shape index (κ2) is 7.47. The van der Waals surface area contributed by atoms with E-state index in [9.17, 15) is 8.42 Å². The van der Waals surface area contributed by atoms with Crippen LogP contribution in [0.1, 0.15) is 11.3 Å². The maximum Gasteiger partial charge on any atom is 0.243 e. The highest BCUT2D eigenvalue weighted by molar-refractivity contribution is 7.89. The van der Waals surface area contributed by atoms with Crippen LogP contribution in [-0.4, -0.2) is 61.0 Å². The van der Waals surface area contributed by atoms with Gasteiger partial charge in [0.15, 0.2) is 0 Å². The first-order valence-corrected chi connectivity index (χ1v) is 9.71. The predicted octanol–water partition coefficient (Wildman–Crippen LogP) is 1.33. The van der Waals surface area contributed by atoms with Gasteiger partial charge >= 0.3 is 0 Å². The summed E-state index contributed by atoms with van der Waals surface area (Å²) in [5.74, 6) is 0.694. The molecule has 1 N–H and O–H groups in total. The van der Waals surface area contributed by atoms with Crippen molar-refractivity contribution < 1.29 is 8.42 Å². The van der Waals surface area contributed by atoms with Crippen molar-refractivity contribution in [3.8, 4) is 0 Å². The first-order chi connectivity index (χ1) is 11.9. The molecular weight excluding hydrogens is 338 g/mol. The Balaban J connectivity index is 1.64. The largest absolute Gasteiger partial charge is 0.365 e. The van der Waals surface area contributed by atoms with Crippen LogP contribution < -0.4 is 5.32 Å². The maximum absolute atomic E-state index is 12.7. The first kappa shape index (κ1) is 17.8. The molecule has 0 amide bonds. The van der Waals surface area contributed by atoms with E-state index in [0.29, 0.717) is 30.3 Å². The first-order valence-electron chi connectivity index (χ1n) is 8.27. The predicted molar refractivity (Wildman–Crippen MR) is 96.8 cm³/mol. The molecule has 1 aromatic heterocycles. The number of hydrogen-bond donors (Lipinski definition) is 1. The second-order valence-electron chi connectivity index (χ2n) is 6.26. The van der Waals surface area contributed by atoms with Gasteiger partial charge in [0.1, 0.15) is 5.82 Å². The Hall–Kier alpha value is -2.03. The normalized spacial score (nSPS) is 16.7. The van der Waals surface area contributed by atoms with Gasteiger partial charge in [0.05, 0.1) is 10.6 Å². The van der Waals surface area contributed by atoms with E-state index in [4.69, 9.17) is 0 Å².